The van der Waals surface area contributed by atoms with Crippen molar-refractivity contribution in [1.82, 2.24) is 20.0 Å². The number of nitrogens with zero attached hydrogens (tertiary/aromatic N) is 3. The third-order valence-corrected chi connectivity index (χ3v) is 6.84. The maximum Gasteiger partial charge on any atom is 0.236 e. The highest BCUT2D eigenvalue weighted by Gasteiger charge is 2.33. The molecule has 3 heterocycles. The van der Waals surface area contributed by atoms with Crippen LogP contribution < -0.4 is 0 Å². The maximum atomic E-state index is 12.4. The van der Waals surface area contributed by atoms with Gasteiger partial charge in [-0.25, -0.2) is 8.42 Å². The summed E-state index contributed by atoms with van der Waals surface area (Å²) in [5, 5.41) is 6.85. The molecule has 23 heavy (non-hydrogen) atoms. The lowest BCUT2D eigenvalue weighted by Gasteiger charge is -2.33. The highest BCUT2D eigenvalue weighted by Crippen LogP contribution is 2.27. The van der Waals surface area contributed by atoms with E-state index in [4.69, 9.17) is 0 Å². The number of H-pyrrole nitrogens is 1. The fourth-order valence-corrected chi connectivity index (χ4v) is 5.27. The smallest absolute Gasteiger partial charge is 0.236 e. The fourth-order valence-electron chi connectivity index (χ4n) is 3.50. The van der Waals surface area contributed by atoms with E-state index in [1.165, 1.54) is 5.56 Å². The zero-order valence-electron chi connectivity index (χ0n) is 13.4. The molecule has 7 nitrogen and oxygen atoms in total. The van der Waals surface area contributed by atoms with Gasteiger partial charge in [-0.1, -0.05) is 0 Å². The Kier molecular flexibility index (Phi) is 4.72. The predicted octanol–water partition coefficient (Wildman–Crippen LogP) is 0.235. The molecule has 2 fully saturated rings. The number of hydrogen-bond donors (Lipinski definition) is 1. The quantitative estimate of drug-likeness (QED) is 0.848. The Balaban J connectivity index is 1.47. The largest absolute Gasteiger partial charge is 0.341 e. The van der Waals surface area contributed by atoms with Crippen LogP contribution in [0.4, 0.5) is 0 Å². The first-order valence-corrected chi connectivity index (χ1v) is 9.94. The fraction of sp³-hybridized carbons (Fsp3) is 0.733. The average Bonchev–Trinajstić information content (AvgIpc) is 3.16. The minimum absolute atomic E-state index is 0.0221. The molecule has 0 aromatic carbocycles. The molecule has 2 aliphatic rings. The molecule has 8 heteroatoms. The molecule has 0 unspecified atom stereocenters. The Hall–Kier alpha value is -1.41. The van der Waals surface area contributed by atoms with Crippen molar-refractivity contribution in [3.63, 3.8) is 0 Å². The van der Waals surface area contributed by atoms with E-state index in [-0.39, 0.29) is 23.5 Å². The molecule has 0 radical (unpaired) electrons. The van der Waals surface area contributed by atoms with Gasteiger partial charge in [0.1, 0.15) is 0 Å². The molecule has 1 N–H and O–H groups in total. The molecule has 0 spiro atoms. The van der Waals surface area contributed by atoms with Gasteiger partial charge in [0, 0.05) is 19.3 Å². The number of hydrogen-bond acceptors (Lipinski definition) is 5. The van der Waals surface area contributed by atoms with Crippen LogP contribution >= 0.6 is 0 Å². The van der Waals surface area contributed by atoms with Crippen LogP contribution in [-0.4, -0.2) is 78.6 Å². The molecule has 1 aromatic heterocycles. The van der Waals surface area contributed by atoms with Gasteiger partial charge in [-0.3, -0.25) is 14.8 Å². The normalized spacial score (nSPS) is 25.5. The summed E-state index contributed by atoms with van der Waals surface area (Å²) in [6.07, 6.45) is 6.43. The van der Waals surface area contributed by atoms with Crippen molar-refractivity contribution < 1.29 is 13.2 Å². The van der Waals surface area contributed by atoms with Gasteiger partial charge in [-0.2, -0.15) is 5.10 Å². The van der Waals surface area contributed by atoms with E-state index in [2.05, 4.69) is 15.1 Å². The molecule has 0 saturated carbocycles. The number of amides is 1. The molecule has 1 aromatic rings. The Bertz CT molecular complexity index is 636. The molecular weight excluding hydrogens is 316 g/mol. The van der Waals surface area contributed by atoms with Crippen molar-refractivity contribution in [1.29, 1.82) is 0 Å². The van der Waals surface area contributed by atoms with Crippen molar-refractivity contribution in [3.05, 3.63) is 18.0 Å². The summed E-state index contributed by atoms with van der Waals surface area (Å²) in [6, 6.07) is -0.157. The monoisotopic (exact) mass is 340 g/mol. The number of likely N-dealkylation sites (tertiary alicyclic amines) is 1. The summed E-state index contributed by atoms with van der Waals surface area (Å²) < 4.78 is 23.1. The summed E-state index contributed by atoms with van der Waals surface area (Å²) in [4.78, 5) is 16.2. The Labute approximate surface area is 137 Å². The first-order chi connectivity index (χ1) is 10.9. The van der Waals surface area contributed by atoms with E-state index in [1.807, 2.05) is 12.4 Å². The number of nitrogens with one attached hydrogen (secondary N) is 1. The third-order valence-electron chi connectivity index (χ3n) is 5.09. The average molecular weight is 340 g/mol. The molecule has 0 bridgehead atoms. The van der Waals surface area contributed by atoms with Gasteiger partial charge < -0.3 is 4.90 Å². The second-order valence-corrected chi connectivity index (χ2v) is 8.87. The van der Waals surface area contributed by atoms with E-state index < -0.39 is 9.84 Å². The summed E-state index contributed by atoms with van der Waals surface area (Å²) >= 11 is 0. The Morgan fingerprint density at radius 1 is 1.39 bits per heavy atom. The molecule has 2 aliphatic heterocycles. The number of carbonyl (C=O) groups is 1. The van der Waals surface area contributed by atoms with Gasteiger partial charge >= 0.3 is 0 Å². The number of aromatic amines is 1. The second kappa shape index (κ2) is 6.60. The van der Waals surface area contributed by atoms with Gasteiger partial charge in [-0.05, 0) is 43.8 Å². The first-order valence-electron chi connectivity index (χ1n) is 8.12. The molecule has 0 aliphatic carbocycles. The van der Waals surface area contributed by atoms with Crippen LogP contribution in [0.25, 0.3) is 0 Å². The summed E-state index contributed by atoms with van der Waals surface area (Å²) in [5.41, 5.74) is 1.24. The number of sulfone groups is 1. The van der Waals surface area contributed by atoms with Gasteiger partial charge in [0.2, 0.25) is 5.91 Å². The number of carbonyl (C=O) groups excluding carboxylic acids is 1. The van der Waals surface area contributed by atoms with Crippen molar-refractivity contribution in [2.24, 2.45) is 0 Å². The lowest BCUT2D eigenvalue weighted by atomic mass is 9.91. The van der Waals surface area contributed by atoms with Crippen LogP contribution in [0.1, 0.15) is 30.7 Å². The number of piperidine rings is 1. The summed E-state index contributed by atoms with van der Waals surface area (Å²) in [5.74, 6) is 0.843. The Morgan fingerprint density at radius 2 is 2.13 bits per heavy atom. The Morgan fingerprint density at radius 3 is 2.70 bits per heavy atom. The second-order valence-electron chi connectivity index (χ2n) is 6.64. The third kappa shape index (κ3) is 3.92. The van der Waals surface area contributed by atoms with Crippen molar-refractivity contribution in [2.45, 2.75) is 31.2 Å². The minimum atomic E-state index is -2.96. The lowest BCUT2D eigenvalue weighted by Crippen LogP contribution is -2.45. The van der Waals surface area contributed by atoms with Gasteiger partial charge in [0.05, 0.1) is 24.2 Å². The highest BCUT2D eigenvalue weighted by atomic mass is 32.2. The lowest BCUT2D eigenvalue weighted by molar-refractivity contribution is -0.133. The van der Waals surface area contributed by atoms with Gasteiger partial charge in [-0.15, -0.1) is 0 Å². The van der Waals surface area contributed by atoms with Crippen LogP contribution in [0.3, 0.4) is 0 Å². The van der Waals surface area contributed by atoms with Gasteiger partial charge in [0.25, 0.3) is 0 Å². The molecule has 3 rings (SSSR count). The first kappa shape index (κ1) is 16.4. The van der Waals surface area contributed by atoms with Crippen molar-refractivity contribution >= 4 is 15.7 Å². The van der Waals surface area contributed by atoms with Gasteiger partial charge in [0.15, 0.2) is 9.84 Å². The van der Waals surface area contributed by atoms with Crippen LogP contribution in [0.15, 0.2) is 12.4 Å². The van der Waals surface area contributed by atoms with Crippen LogP contribution in [0.5, 0.6) is 0 Å². The number of rotatable bonds is 4. The summed E-state index contributed by atoms with van der Waals surface area (Å²) in [6.45, 7) is 2.15. The van der Waals surface area contributed by atoms with Crippen LogP contribution in [-0.2, 0) is 14.6 Å². The maximum absolute atomic E-state index is 12.4. The molecule has 128 valence electrons. The highest BCUT2D eigenvalue weighted by molar-refractivity contribution is 7.91. The van der Waals surface area contributed by atoms with Crippen LogP contribution in [0.2, 0.25) is 0 Å². The number of aromatic nitrogens is 2. The predicted molar refractivity (Wildman–Crippen MR) is 86.8 cm³/mol. The molecule has 2 saturated heterocycles. The standard InChI is InChI=1S/C15H24N4O3S/c1-18(14-4-7-23(21,22)11-14)15(20)10-19-5-2-12(3-6-19)13-8-16-17-9-13/h8-9,12,14H,2-7,10-11H2,1H3,(H,16,17)/t14-/m1/s1. The van der Waals surface area contributed by atoms with Crippen LogP contribution in [0, 0.1) is 0 Å². The van der Waals surface area contributed by atoms with E-state index >= 15 is 0 Å². The van der Waals surface area contributed by atoms with E-state index in [0.29, 0.717) is 18.9 Å². The van der Waals surface area contributed by atoms with E-state index in [9.17, 15) is 13.2 Å². The molecular formula is C15H24N4O3S. The zero-order valence-corrected chi connectivity index (χ0v) is 14.3. The molecule has 1 atom stereocenters. The summed E-state index contributed by atoms with van der Waals surface area (Å²) in [7, 11) is -1.23. The van der Waals surface area contributed by atoms with E-state index in [0.717, 1.165) is 25.9 Å². The van der Waals surface area contributed by atoms with Crippen molar-refractivity contribution in [2.75, 3.05) is 38.2 Å². The van der Waals surface area contributed by atoms with E-state index in [1.54, 1.807) is 11.9 Å². The minimum Gasteiger partial charge on any atom is -0.341 e. The molecule has 1 amide bonds. The van der Waals surface area contributed by atoms with Crippen molar-refractivity contribution in [3.8, 4) is 0 Å². The topological polar surface area (TPSA) is 86.4 Å². The zero-order chi connectivity index (χ0) is 16.4. The SMILES string of the molecule is CN(C(=O)CN1CCC(c2cn[nH]c2)CC1)[C@@H]1CCS(=O)(=O)C1. The number of likely N-dealkylation sites (N-methyl/N-ethyl adjacent to an activating group) is 1.